The summed E-state index contributed by atoms with van der Waals surface area (Å²) < 4.78 is 25.0. The molecule has 1 atom stereocenters. The SMILES string of the molecule is Nc1cc(NC(=O)CS(=O)c2cccc(Cl)c2)ccc1F. The quantitative estimate of drug-likeness (QED) is 0.849. The van der Waals surface area contributed by atoms with Gasteiger partial charge in [-0.1, -0.05) is 17.7 Å². The summed E-state index contributed by atoms with van der Waals surface area (Å²) in [6.45, 7) is 0. The molecule has 1 amide bonds. The first-order chi connectivity index (χ1) is 9.95. The van der Waals surface area contributed by atoms with Crippen molar-refractivity contribution < 1.29 is 13.4 Å². The molecule has 0 aliphatic rings. The molecule has 2 aromatic rings. The van der Waals surface area contributed by atoms with Crippen LogP contribution in [0.15, 0.2) is 47.4 Å². The highest BCUT2D eigenvalue weighted by molar-refractivity contribution is 7.85. The van der Waals surface area contributed by atoms with Gasteiger partial charge in [-0.2, -0.15) is 0 Å². The van der Waals surface area contributed by atoms with Crippen LogP contribution in [0.5, 0.6) is 0 Å². The van der Waals surface area contributed by atoms with Gasteiger partial charge < -0.3 is 11.1 Å². The van der Waals surface area contributed by atoms with Crippen LogP contribution >= 0.6 is 11.6 Å². The van der Waals surface area contributed by atoms with Crippen LogP contribution in [0.1, 0.15) is 0 Å². The van der Waals surface area contributed by atoms with E-state index >= 15 is 0 Å². The van der Waals surface area contributed by atoms with E-state index in [1.165, 1.54) is 12.1 Å². The molecule has 2 aromatic carbocycles. The number of halogens is 2. The zero-order valence-electron chi connectivity index (χ0n) is 10.8. The minimum Gasteiger partial charge on any atom is -0.396 e. The molecule has 0 saturated carbocycles. The summed E-state index contributed by atoms with van der Waals surface area (Å²) in [5.41, 5.74) is 5.69. The molecule has 4 nitrogen and oxygen atoms in total. The Balaban J connectivity index is 2.01. The number of nitrogens with two attached hydrogens (primary N) is 1. The second-order valence-electron chi connectivity index (χ2n) is 4.23. The lowest BCUT2D eigenvalue weighted by Gasteiger charge is -2.07. The van der Waals surface area contributed by atoms with Crippen LogP contribution in [0.4, 0.5) is 15.8 Å². The van der Waals surface area contributed by atoms with Crippen LogP contribution in [0.25, 0.3) is 0 Å². The number of rotatable bonds is 4. The van der Waals surface area contributed by atoms with Crippen molar-refractivity contribution in [3.8, 4) is 0 Å². The van der Waals surface area contributed by atoms with Crippen LogP contribution in [0.2, 0.25) is 5.02 Å². The fourth-order valence-corrected chi connectivity index (χ4v) is 2.85. The molecule has 0 fully saturated rings. The highest BCUT2D eigenvalue weighted by Gasteiger charge is 2.11. The van der Waals surface area contributed by atoms with Gasteiger partial charge >= 0.3 is 0 Å². The Morgan fingerprint density at radius 2 is 2.05 bits per heavy atom. The molecular weight excluding hydrogens is 315 g/mol. The zero-order valence-corrected chi connectivity index (χ0v) is 12.4. The van der Waals surface area contributed by atoms with Gasteiger partial charge in [0.05, 0.1) is 16.5 Å². The average Bonchev–Trinajstić information content (AvgIpc) is 2.43. The van der Waals surface area contributed by atoms with Crippen molar-refractivity contribution in [2.45, 2.75) is 4.90 Å². The molecule has 0 aliphatic carbocycles. The van der Waals surface area contributed by atoms with E-state index in [0.717, 1.165) is 6.07 Å². The van der Waals surface area contributed by atoms with Crippen molar-refractivity contribution in [1.82, 2.24) is 0 Å². The highest BCUT2D eigenvalue weighted by atomic mass is 35.5. The molecule has 110 valence electrons. The van der Waals surface area contributed by atoms with Crippen LogP contribution in [-0.2, 0) is 15.6 Å². The first kappa shape index (κ1) is 15.5. The molecule has 2 rings (SSSR count). The number of carbonyl (C=O) groups excluding carboxylic acids is 1. The van der Waals surface area contributed by atoms with Gasteiger partial charge in [-0.25, -0.2) is 4.39 Å². The maximum atomic E-state index is 13.0. The van der Waals surface area contributed by atoms with Crippen molar-refractivity contribution in [2.75, 3.05) is 16.8 Å². The van der Waals surface area contributed by atoms with Crippen molar-refractivity contribution >= 4 is 39.7 Å². The summed E-state index contributed by atoms with van der Waals surface area (Å²) in [6, 6.07) is 10.3. The molecule has 0 aromatic heterocycles. The molecule has 1 unspecified atom stereocenters. The number of nitrogens with one attached hydrogen (secondary N) is 1. The van der Waals surface area contributed by atoms with Gasteiger partial charge in [-0.05, 0) is 36.4 Å². The lowest BCUT2D eigenvalue weighted by atomic mass is 10.2. The first-order valence-corrected chi connectivity index (χ1v) is 7.64. The van der Waals surface area contributed by atoms with Crippen molar-refractivity contribution in [3.05, 3.63) is 53.3 Å². The van der Waals surface area contributed by atoms with Gasteiger partial charge in [0, 0.05) is 15.6 Å². The average molecular weight is 327 g/mol. The fourth-order valence-electron chi connectivity index (χ4n) is 1.63. The third kappa shape index (κ3) is 4.27. The molecular formula is C14H12ClFN2O2S. The van der Waals surface area contributed by atoms with Crippen molar-refractivity contribution in [1.29, 1.82) is 0 Å². The standard InChI is InChI=1S/C14H12ClFN2O2S/c15-9-2-1-3-11(6-9)21(20)8-14(19)18-10-4-5-12(16)13(17)7-10/h1-7H,8,17H2,(H,18,19). The Bertz CT molecular complexity index is 709. The van der Waals surface area contributed by atoms with Crippen molar-refractivity contribution in [3.63, 3.8) is 0 Å². The number of hydrogen-bond acceptors (Lipinski definition) is 3. The van der Waals surface area contributed by atoms with Gasteiger partial charge in [0.25, 0.3) is 0 Å². The van der Waals surface area contributed by atoms with E-state index in [1.807, 2.05) is 0 Å². The number of benzene rings is 2. The minimum absolute atomic E-state index is 0.0660. The second-order valence-corrected chi connectivity index (χ2v) is 6.12. The first-order valence-electron chi connectivity index (χ1n) is 5.94. The summed E-state index contributed by atoms with van der Waals surface area (Å²) in [5.74, 6) is -1.24. The predicted octanol–water partition coefficient (Wildman–Crippen LogP) is 2.81. The number of hydrogen-bond donors (Lipinski definition) is 2. The van der Waals surface area contributed by atoms with Gasteiger partial charge in [0.15, 0.2) is 0 Å². The molecule has 0 spiro atoms. The van der Waals surface area contributed by atoms with Crippen molar-refractivity contribution in [2.24, 2.45) is 0 Å². The molecule has 0 radical (unpaired) electrons. The Morgan fingerprint density at radius 3 is 2.71 bits per heavy atom. The van der Waals surface area contributed by atoms with Crippen LogP contribution < -0.4 is 11.1 Å². The summed E-state index contributed by atoms with van der Waals surface area (Å²) in [7, 11) is -1.51. The molecule has 0 aliphatic heterocycles. The molecule has 3 N–H and O–H groups in total. The van der Waals surface area contributed by atoms with Crippen LogP contribution in [-0.4, -0.2) is 15.9 Å². The van der Waals surface area contributed by atoms with E-state index in [-0.39, 0.29) is 11.4 Å². The van der Waals surface area contributed by atoms with E-state index in [9.17, 15) is 13.4 Å². The van der Waals surface area contributed by atoms with E-state index in [0.29, 0.717) is 15.6 Å². The Labute approximate surface area is 128 Å². The predicted molar refractivity (Wildman–Crippen MR) is 82.2 cm³/mol. The smallest absolute Gasteiger partial charge is 0.237 e. The van der Waals surface area contributed by atoms with Gasteiger partial charge in [0.1, 0.15) is 11.6 Å². The monoisotopic (exact) mass is 326 g/mol. The third-order valence-electron chi connectivity index (χ3n) is 2.60. The van der Waals surface area contributed by atoms with Gasteiger partial charge in [-0.15, -0.1) is 0 Å². The lowest BCUT2D eigenvalue weighted by molar-refractivity contribution is -0.113. The molecule has 21 heavy (non-hydrogen) atoms. The summed E-state index contributed by atoms with van der Waals surface area (Å²) in [4.78, 5) is 12.3. The Morgan fingerprint density at radius 1 is 1.29 bits per heavy atom. The Kier molecular flexibility index (Phi) is 4.93. The normalized spacial score (nSPS) is 11.9. The number of nitrogen functional groups attached to an aromatic ring is 1. The van der Waals surface area contributed by atoms with E-state index < -0.39 is 22.5 Å². The lowest BCUT2D eigenvalue weighted by Crippen LogP contribution is -2.19. The number of amides is 1. The van der Waals surface area contributed by atoms with Crippen LogP contribution in [0, 0.1) is 5.82 Å². The van der Waals surface area contributed by atoms with Gasteiger partial charge in [0.2, 0.25) is 5.91 Å². The maximum absolute atomic E-state index is 13.0. The zero-order chi connectivity index (χ0) is 15.4. The topological polar surface area (TPSA) is 72.2 Å². The summed E-state index contributed by atoms with van der Waals surface area (Å²) in [5, 5.41) is 2.97. The van der Waals surface area contributed by atoms with E-state index in [1.54, 1.807) is 24.3 Å². The highest BCUT2D eigenvalue weighted by Crippen LogP contribution is 2.17. The fraction of sp³-hybridized carbons (Fsp3) is 0.0714. The summed E-state index contributed by atoms with van der Waals surface area (Å²) in [6.07, 6.45) is 0. The molecule has 0 heterocycles. The van der Waals surface area contributed by atoms with E-state index in [2.05, 4.69) is 5.32 Å². The van der Waals surface area contributed by atoms with E-state index in [4.69, 9.17) is 17.3 Å². The molecule has 0 saturated heterocycles. The Hall–Kier alpha value is -1.92. The maximum Gasteiger partial charge on any atom is 0.237 e. The minimum atomic E-state index is -1.51. The molecule has 0 bridgehead atoms. The summed E-state index contributed by atoms with van der Waals surface area (Å²) >= 11 is 5.80. The largest absolute Gasteiger partial charge is 0.396 e. The third-order valence-corrected chi connectivity index (χ3v) is 4.14. The number of carbonyl (C=O) groups is 1. The molecule has 7 heteroatoms. The second kappa shape index (κ2) is 6.69. The van der Waals surface area contributed by atoms with Crippen LogP contribution in [0.3, 0.4) is 0 Å². The number of anilines is 2. The van der Waals surface area contributed by atoms with Gasteiger partial charge in [-0.3, -0.25) is 9.00 Å².